The fourth-order valence-corrected chi connectivity index (χ4v) is 11.9. The van der Waals surface area contributed by atoms with Crippen molar-refractivity contribution in [2.45, 2.75) is 11.8 Å². The lowest BCUT2D eigenvalue weighted by Gasteiger charge is -2.42. The van der Waals surface area contributed by atoms with Crippen molar-refractivity contribution in [1.29, 1.82) is 0 Å². The van der Waals surface area contributed by atoms with Crippen LogP contribution in [0.15, 0.2) is 279 Å². The molecule has 3 aliphatic rings. The van der Waals surface area contributed by atoms with Gasteiger partial charge in [-0.1, -0.05) is 231 Å². The smallest absolute Gasteiger partial charge is 0.164 e. The van der Waals surface area contributed by atoms with E-state index < -0.39 is 0 Å². The van der Waals surface area contributed by atoms with E-state index in [4.69, 9.17) is 29.9 Å². The van der Waals surface area contributed by atoms with Crippen LogP contribution in [0.25, 0.3) is 113 Å². The van der Waals surface area contributed by atoms with E-state index in [0.29, 0.717) is 34.9 Å². The Bertz CT molecular complexity index is 4050. The van der Waals surface area contributed by atoms with Gasteiger partial charge in [-0.3, -0.25) is 0 Å². The summed E-state index contributed by atoms with van der Waals surface area (Å²) in [4.78, 5) is 31.7. The van der Waals surface area contributed by atoms with E-state index in [2.05, 4.69) is 243 Å². The normalized spacial score (nSPS) is 13.8. The van der Waals surface area contributed by atoms with Gasteiger partial charge in [0, 0.05) is 45.2 Å². The Morgan fingerprint density at radius 1 is 0.150 bits per heavy atom. The highest BCUT2D eigenvalue weighted by molar-refractivity contribution is 5.83. The molecule has 2 aromatic heterocycles. The summed E-state index contributed by atoms with van der Waals surface area (Å²) in [6.07, 6.45) is 0. The third-order valence-corrected chi connectivity index (χ3v) is 15.7. The first-order valence-corrected chi connectivity index (χ1v) is 27.1. The van der Waals surface area contributed by atoms with Gasteiger partial charge in [0.05, 0.1) is 0 Å². The van der Waals surface area contributed by atoms with Crippen molar-refractivity contribution in [3.05, 3.63) is 312 Å². The van der Waals surface area contributed by atoms with E-state index in [1.54, 1.807) is 0 Å². The number of benzene rings is 11. The zero-order valence-corrected chi connectivity index (χ0v) is 43.4. The second-order valence-corrected chi connectivity index (χ2v) is 20.6. The minimum Gasteiger partial charge on any atom is -0.208 e. The van der Waals surface area contributed by atoms with Gasteiger partial charge in [0.1, 0.15) is 0 Å². The molecule has 0 spiro atoms. The Morgan fingerprint density at radius 2 is 0.375 bits per heavy atom. The number of hydrogen-bond donors (Lipinski definition) is 0. The van der Waals surface area contributed by atoms with Gasteiger partial charge >= 0.3 is 0 Å². The lowest BCUT2D eigenvalue weighted by Crippen LogP contribution is -2.27. The predicted octanol–water partition coefficient (Wildman–Crippen LogP) is 17.7. The maximum atomic E-state index is 5.37. The predicted molar refractivity (Wildman–Crippen MR) is 322 cm³/mol. The molecule has 0 radical (unpaired) electrons. The fraction of sp³-hybridized carbons (Fsp3) is 0.0270. The number of nitrogens with zero attached hydrogens (tertiary/aromatic N) is 6. The van der Waals surface area contributed by atoms with Crippen LogP contribution in [0, 0.1) is 0 Å². The topological polar surface area (TPSA) is 77.3 Å². The van der Waals surface area contributed by atoms with Crippen LogP contribution in [0.2, 0.25) is 0 Å². The van der Waals surface area contributed by atoms with Crippen LogP contribution in [0.4, 0.5) is 0 Å². The van der Waals surface area contributed by atoms with Crippen molar-refractivity contribution < 1.29 is 0 Å². The Balaban J connectivity index is 0.857. The van der Waals surface area contributed by atoms with E-state index >= 15 is 0 Å². The zero-order chi connectivity index (χ0) is 52.9. The lowest BCUT2D eigenvalue weighted by atomic mass is 9.61. The van der Waals surface area contributed by atoms with E-state index in [9.17, 15) is 0 Å². The third-order valence-electron chi connectivity index (χ3n) is 15.7. The van der Waals surface area contributed by atoms with Gasteiger partial charge in [0.25, 0.3) is 0 Å². The summed E-state index contributed by atoms with van der Waals surface area (Å²) >= 11 is 0. The number of aromatic nitrogens is 6. The molecule has 2 atom stereocenters. The van der Waals surface area contributed by atoms with E-state index in [1.807, 2.05) is 36.4 Å². The molecule has 0 N–H and O–H groups in total. The molecule has 13 aromatic rings. The number of hydrogen-bond acceptors (Lipinski definition) is 6. The van der Waals surface area contributed by atoms with Crippen LogP contribution in [-0.4, -0.2) is 29.9 Å². The van der Waals surface area contributed by atoms with Gasteiger partial charge in [-0.15, -0.1) is 0 Å². The molecule has 6 nitrogen and oxygen atoms in total. The molecule has 2 unspecified atom stereocenters. The maximum absolute atomic E-state index is 5.37. The standard InChI is InChI=1S/C74H48N6/c1-7-21-47(22-8-1)55-39-56(48-23-9-2-10-24-48)42-59(41-55)73-77-69(51-29-15-5-16-30-51)75-71(79-73)53-35-37-63-65(45-53)67-61-33-19-20-34-62(61)68(63)66-46-54(36-38-64(66)67)72-76-70(52-31-17-6-18-32-52)78-74(80-72)60-43-57(49-25-11-3-12-26-49)40-58(44-60)50-27-13-4-14-28-50/h1-46,67-68H. The Morgan fingerprint density at radius 3 is 0.675 bits per heavy atom. The second-order valence-electron chi connectivity index (χ2n) is 20.6. The molecule has 80 heavy (non-hydrogen) atoms. The molecule has 2 heterocycles. The average Bonchev–Trinajstić information content (AvgIpc) is 3.67. The summed E-state index contributed by atoms with van der Waals surface area (Å²) in [5.74, 6) is 3.68. The molecule has 0 saturated heterocycles. The summed E-state index contributed by atoms with van der Waals surface area (Å²) in [5.41, 5.74) is 22.1. The molecular formula is C74H48N6. The van der Waals surface area contributed by atoms with E-state index in [1.165, 1.54) is 33.4 Å². The highest BCUT2D eigenvalue weighted by atomic mass is 15.0. The minimum atomic E-state index is -0.0213. The first-order valence-electron chi connectivity index (χ1n) is 27.1. The molecule has 6 heteroatoms. The molecule has 374 valence electrons. The third kappa shape index (κ3) is 8.56. The molecule has 11 aromatic carbocycles. The lowest BCUT2D eigenvalue weighted by molar-refractivity contribution is 0.754. The molecule has 0 fully saturated rings. The van der Waals surface area contributed by atoms with Crippen molar-refractivity contribution >= 4 is 0 Å². The highest BCUT2D eigenvalue weighted by Crippen LogP contribution is 2.57. The largest absolute Gasteiger partial charge is 0.208 e. The van der Waals surface area contributed by atoms with Gasteiger partial charge in [-0.2, -0.15) is 0 Å². The van der Waals surface area contributed by atoms with Gasteiger partial charge in [-0.25, -0.2) is 29.9 Å². The maximum Gasteiger partial charge on any atom is 0.164 e. The first-order chi connectivity index (χ1) is 39.6. The Kier molecular flexibility index (Phi) is 11.6. The van der Waals surface area contributed by atoms with Crippen molar-refractivity contribution in [2.75, 3.05) is 0 Å². The van der Waals surface area contributed by atoms with Crippen molar-refractivity contribution in [2.24, 2.45) is 0 Å². The molecule has 0 saturated carbocycles. The first kappa shape index (κ1) is 46.7. The van der Waals surface area contributed by atoms with Crippen LogP contribution in [0.5, 0.6) is 0 Å². The van der Waals surface area contributed by atoms with Crippen molar-refractivity contribution in [3.63, 3.8) is 0 Å². The summed E-state index contributed by atoms with van der Waals surface area (Å²) in [5, 5.41) is 0. The fourth-order valence-electron chi connectivity index (χ4n) is 11.9. The van der Waals surface area contributed by atoms with E-state index in [-0.39, 0.29) is 11.8 Å². The molecule has 16 rings (SSSR count). The van der Waals surface area contributed by atoms with Crippen LogP contribution in [-0.2, 0) is 0 Å². The molecule has 0 amide bonds. The van der Waals surface area contributed by atoms with Crippen LogP contribution < -0.4 is 0 Å². The van der Waals surface area contributed by atoms with Crippen LogP contribution in [0.1, 0.15) is 45.2 Å². The Labute approximate surface area is 464 Å². The summed E-state index contributed by atoms with van der Waals surface area (Å²) < 4.78 is 0. The van der Waals surface area contributed by atoms with Crippen LogP contribution >= 0.6 is 0 Å². The monoisotopic (exact) mass is 1020 g/mol. The zero-order valence-electron chi connectivity index (χ0n) is 43.4. The van der Waals surface area contributed by atoms with Gasteiger partial charge in [0.2, 0.25) is 0 Å². The van der Waals surface area contributed by atoms with Crippen molar-refractivity contribution in [1.82, 2.24) is 29.9 Å². The van der Waals surface area contributed by atoms with Crippen molar-refractivity contribution in [3.8, 4) is 113 Å². The highest BCUT2D eigenvalue weighted by Gasteiger charge is 2.41. The van der Waals surface area contributed by atoms with E-state index in [0.717, 1.165) is 77.9 Å². The minimum absolute atomic E-state index is 0.0213. The van der Waals surface area contributed by atoms with Gasteiger partial charge in [-0.05, 0) is 126 Å². The quantitative estimate of drug-likeness (QED) is 0.136. The average molecular weight is 1020 g/mol. The summed E-state index contributed by atoms with van der Waals surface area (Å²) in [7, 11) is 0. The van der Waals surface area contributed by atoms with Gasteiger partial charge in [0.15, 0.2) is 34.9 Å². The Hall–Kier alpha value is -10.6. The molecular weight excluding hydrogens is 973 g/mol. The molecule has 2 bridgehead atoms. The van der Waals surface area contributed by atoms with Crippen LogP contribution in [0.3, 0.4) is 0 Å². The SMILES string of the molecule is c1ccc(-c2cc(-c3ccccc3)cc(-c3nc(-c4ccccc4)nc(-c4ccc5c(c4)C4c6ccccc6C5c5cc(-c6nc(-c7ccccc7)nc(-c7cc(-c8ccccc8)cc(-c8ccccc8)c7)n6)ccc54)n3)c2)cc1. The van der Waals surface area contributed by atoms with Gasteiger partial charge < -0.3 is 0 Å². The number of rotatable bonds is 10. The second kappa shape index (κ2) is 19.8. The summed E-state index contributed by atoms with van der Waals surface area (Å²) in [6, 6.07) is 98.5. The summed E-state index contributed by atoms with van der Waals surface area (Å²) in [6.45, 7) is 0. The molecule has 0 aliphatic heterocycles. The molecule has 3 aliphatic carbocycles.